The number of aliphatic carboxylic acids is 1. The lowest BCUT2D eigenvalue weighted by atomic mass is 9.66. The van der Waals surface area contributed by atoms with Gasteiger partial charge in [0.2, 0.25) is 0 Å². The highest BCUT2D eigenvalue weighted by Gasteiger charge is 2.36. The summed E-state index contributed by atoms with van der Waals surface area (Å²) >= 11 is 0. The molecule has 0 spiro atoms. The fraction of sp³-hybridized carbons (Fsp3) is 0.714. The number of halogens is 1. The molecule has 1 heterocycles. The van der Waals surface area contributed by atoms with Gasteiger partial charge in [0, 0.05) is 25.1 Å². The third-order valence-corrected chi connectivity index (χ3v) is 6.38. The van der Waals surface area contributed by atoms with E-state index >= 15 is 0 Å². The lowest BCUT2D eigenvalue weighted by Gasteiger charge is -2.39. The topological polar surface area (TPSA) is 69.9 Å². The van der Waals surface area contributed by atoms with Gasteiger partial charge in [-0.05, 0) is 67.8 Å². The van der Waals surface area contributed by atoms with Gasteiger partial charge in [0.1, 0.15) is 6.67 Å². The summed E-state index contributed by atoms with van der Waals surface area (Å²) in [4.78, 5) is 15.4. The zero-order valence-corrected chi connectivity index (χ0v) is 15.3. The molecule has 3 rings (SSSR count). The van der Waals surface area contributed by atoms with Crippen LogP contribution in [0.1, 0.15) is 44.9 Å². The number of allylic oxidation sites excluding steroid dienone is 3. The van der Waals surface area contributed by atoms with E-state index in [-0.39, 0.29) is 30.1 Å². The van der Waals surface area contributed by atoms with Crippen molar-refractivity contribution < 1.29 is 19.4 Å². The van der Waals surface area contributed by atoms with Crippen LogP contribution in [-0.4, -0.2) is 41.7 Å². The Labute approximate surface area is 154 Å². The molecule has 26 heavy (non-hydrogen) atoms. The van der Waals surface area contributed by atoms with E-state index in [1.807, 2.05) is 18.4 Å². The number of carbonyl (C=O) groups is 1. The summed E-state index contributed by atoms with van der Waals surface area (Å²) in [6, 6.07) is 0. The number of carboxylic acids is 1. The molecule has 0 aromatic rings. The number of hydrogen-bond acceptors (Lipinski definition) is 3. The summed E-state index contributed by atoms with van der Waals surface area (Å²) in [5, 5.41) is 19.0. The highest BCUT2D eigenvalue weighted by molar-refractivity contribution is 5.66. The summed E-state index contributed by atoms with van der Waals surface area (Å²) < 4.78 is 13.8. The third kappa shape index (κ3) is 4.61. The molecule has 5 heteroatoms. The van der Waals surface area contributed by atoms with E-state index < -0.39 is 18.7 Å². The molecule has 4 nitrogen and oxygen atoms in total. The van der Waals surface area contributed by atoms with Gasteiger partial charge in [-0.15, -0.1) is 0 Å². The van der Waals surface area contributed by atoms with Crippen molar-refractivity contribution in [2.75, 3.05) is 13.2 Å². The van der Waals surface area contributed by atoms with Crippen LogP contribution in [0.2, 0.25) is 0 Å². The van der Waals surface area contributed by atoms with Gasteiger partial charge in [0.25, 0.3) is 0 Å². The van der Waals surface area contributed by atoms with Gasteiger partial charge in [0.15, 0.2) is 0 Å². The summed E-state index contributed by atoms with van der Waals surface area (Å²) in [6.45, 7) is 0.478. The second-order valence-corrected chi connectivity index (χ2v) is 8.04. The van der Waals surface area contributed by atoms with Gasteiger partial charge in [-0.1, -0.05) is 18.2 Å². The van der Waals surface area contributed by atoms with Gasteiger partial charge in [-0.3, -0.25) is 9.79 Å². The third-order valence-electron chi connectivity index (χ3n) is 6.38. The Bertz CT molecular complexity index is 586. The van der Waals surface area contributed by atoms with Crippen LogP contribution in [0.4, 0.5) is 4.39 Å². The summed E-state index contributed by atoms with van der Waals surface area (Å²) in [5.74, 6) is 0.392. The monoisotopic (exact) mass is 363 g/mol. The lowest BCUT2D eigenvalue weighted by molar-refractivity contribution is -0.137. The largest absolute Gasteiger partial charge is 0.481 e. The number of alkyl halides is 1. The predicted octanol–water partition coefficient (Wildman–Crippen LogP) is 3.81. The molecule has 0 radical (unpaired) electrons. The summed E-state index contributed by atoms with van der Waals surface area (Å²) in [7, 11) is 0. The van der Waals surface area contributed by atoms with Crippen molar-refractivity contribution in [3.63, 3.8) is 0 Å². The molecular formula is C21H30FNO3. The summed E-state index contributed by atoms with van der Waals surface area (Å²) in [6.07, 6.45) is 12.9. The number of rotatable bonds is 6. The minimum absolute atomic E-state index is 0.120. The lowest BCUT2D eigenvalue weighted by Crippen LogP contribution is -2.33. The maximum Gasteiger partial charge on any atom is 0.303 e. The van der Waals surface area contributed by atoms with Crippen molar-refractivity contribution >= 4 is 12.2 Å². The van der Waals surface area contributed by atoms with Crippen LogP contribution in [0.5, 0.6) is 0 Å². The number of nitrogens with zero attached hydrogens (tertiary/aromatic N) is 1. The quantitative estimate of drug-likeness (QED) is 0.705. The first-order valence-electron chi connectivity index (χ1n) is 9.93. The van der Waals surface area contributed by atoms with E-state index in [9.17, 15) is 14.3 Å². The van der Waals surface area contributed by atoms with Gasteiger partial charge in [-0.25, -0.2) is 4.39 Å². The molecule has 0 aromatic heterocycles. The Balaban J connectivity index is 1.74. The molecule has 144 valence electrons. The average Bonchev–Trinajstić information content (AvgIpc) is 2.66. The molecule has 0 amide bonds. The molecule has 0 bridgehead atoms. The van der Waals surface area contributed by atoms with E-state index in [1.165, 1.54) is 0 Å². The van der Waals surface area contributed by atoms with E-state index in [1.54, 1.807) is 0 Å². The van der Waals surface area contributed by atoms with Gasteiger partial charge >= 0.3 is 5.97 Å². The van der Waals surface area contributed by atoms with E-state index in [2.05, 4.69) is 11.1 Å². The van der Waals surface area contributed by atoms with Crippen molar-refractivity contribution in [2.45, 2.75) is 51.0 Å². The van der Waals surface area contributed by atoms with Crippen molar-refractivity contribution in [1.29, 1.82) is 0 Å². The van der Waals surface area contributed by atoms with Crippen LogP contribution in [0.3, 0.4) is 0 Å². The Kier molecular flexibility index (Phi) is 6.63. The minimum atomic E-state index is -0.798. The number of hydrogen-bond donors (Lipinski definition) is 2. The van der Waals surface area contributed by atoms with Gasteiger partial charge in [-0.2, -0.15) is 0 Å². The first-order valence-corrected chi connectivity index (χ1v) is 9.93. The molecule has 1 aliphatic heterocycles. The molecule has 0 saturated carbocycles. The highest BCUT2D eigenvalue weighted by atomic mass is 19.1. The second kappa shape index (κ2) is 8.94. The van der Waals surface area contributed by atoms with Crippen molar-refractivity contribution in [3.8, 4) is 0 Å². The number of aliphatic hydroxyl groups excluding tert-OH is 1. The maximum absolute atomic E-state index is 13.8. The number of aliphatic imine (C=N–C) groups is 1. The van der Waals surface area contributed by atoms with E-state index in [4.69, 9.17) is 5.11 Å². The predicted molar refractivity (Wildman–Crippen MR) is 100.0 cm³/mol. The minimum Gasteiger partial charge on any atom is -0.481 e. The SMILES string of the molecule is O=C(O)CCC1CC(O)C=CC1C1C=C(CF)C(C2C=NCCC2)CC1. The smallest absolute Gasteiger partial charge is 0.303 e. The molecule has 6 atom stereocenters. The Morgan fingerprint density at radius 1 is 1.23 bits per heavy atom. The van der Waals surface area contributed by atoms with Crippen LogP contribution in [0.25, 0.3) is 0 Å². The first kappa shape index (κ1) is 19.3. The van der Waals surface area contributed by atoms with Crippen LogP contribution >= 0.6 is 0 Å². The number of carboxylic acid groups (broad SMARTS) is 1. The molecular weight excluding hydrogens is 333 g/mol. The molecule has 2 aliphatic carbocycles. The van der Waals surface area contributed by atoms with Crippen LogP contribution in [-0.2, 0) is 4.79 Å². The zero-order chi connectivity index (χ0) is 18.5. The Morgan fingerprint density at radius 2 is 2.08 bits per heavy atom. The fourth-order valence-electron chi connectivity index (χ4n) is 5.05. The molecule has 2 N–H and O–H groups in total. The van der Waals surface area contributed by atoms with Crippen LogP contribution in [0, 0.1) is 29.6 Å². The van der Waals surface area contributed by atoms with Crippen LogP contribution in [0.15, 0.2) is 28.8 Å². The van der Waals surface area contributed by atoms with Gasteiger partial charge < -0.3 is 10.2 Å². The average molecular weight is 363 g/mol. The fourth-order valence-corrected chi connectivity index (χ4v) is 5.05. The second-order valence-electron chi connectivity index (χ2n) is 8.04. The standard InChI is InChI=1S/C21H30FNO3/c22-12-17-10-14(3-6-20(17)16-2-1-9-23-13-16)19-7-5-18(24)11-15(19)4-8-21(25)26/h5,7,10,13-16,18-20,24H,1-4,6,8-9,11-12H2,(H,25,26). The van der Waals surface area contributed by atoms with E-state index in [0.717, 1.165) is 37.8 Å². The van der Waals surface area contributed by atoms with Gasteiger partial charge in [0.05, 0.1) is 6.10 Å². The molecule has 6 unspecified atom stereocenters. The van der Waals surface area contributed by atoms with Crippen molar-refractivity contribution in [2.24, 2.45) is 34.6 Å². The zero-order valence-electron chi connectivity index (χ0n) is 15.3. The van der Waals surface area contributed by atoms with Crippen molar-refractivity contribution in [1.82, 2.24) is 0 Å². The highest BCUT2D eigenvalue weighted by Crippen LogP contribution is 2.43. The van der Waals surface area contributed by atoms with Crippen LogP contribution < -0.4 is 0 Å². The molecule has 0 saturated heterocycles. The Hall–Kier alpha value is -1.49. The maximum atomic E-state index is 13.8. The van der Waals surface area contributed by atoms with E-state index in [0.29, 0.717) is 18.8 Å². The molecule has 0 fully saturated rings. The Morgan fingerprint density at radius 3 is 2.77 bits per heavy atom. The normalized spacial score (nSPS) is 37.4. The number of aliphatic hydroxyl groups is 1. The molecule has 3 aliphatic rings. The summed E-state index contributed by atoms with van der Waals surface area (Å²) in [5.41, 5.74) is 0.899. The molecule has 0 aromatic carbocycles. The van der Waals surface area contributed by atoms with Crippen molar-refractivity contribution in [3.05, 3.63) is 23.8 Å². The first-order chi connectivity index (χ1) is 12.6.